The normalized spacial score (nSPS) is 14.1. The lowest BCUT2D eigenvalue weighted by Gasteiger charge is -2.26. The number of unbranched alkanes of at least 4 members (excludes halogenated alkanes) is 2. The molecule has 0 N–H and O–H groups in total. The molecule has 92 valence electrons. The van der Waals surface area contributed by atoms with Crippen LogP contribution in [0.3, 0.4) is 0 Å². The van der Waals surface area contributed by atoms with Gasteiger partial charge < -0.3 is 9.05 Å². The van der Waals surface area contributed by atoms with E-state index in [4.69, 9.17) is 20.9 Å². The first-order chi connectivity index (χ1) is 7.14. The van der Waals surface area contributed by atoms with Crippen molar-refractivity contribution >= 4 is 50.6 Å². The van der Waals surface area contributed by atoms with Crippen LogP contribution < -0.4 is 0 Å². The van der Waals surface area contributed by atoms with Crippen molar-refractivity contribution in [3.63, 3.8) is 0 Å². The van der Waals surface area contributed by atoms with Crippen LogP contribution in [0.2, 0.25) is 0 Å². The molecule has 0 aliphatic rings. The molecule has 0 rings (SSSR count). The maximum Gasteiger partial charge on any atom is 0.202 e. The summed E-state index contributed by atoms with van der Waals surface area (Å²) in [5.74, 6) is 0. The molecule has 1 atom stereocenters. The van der Waals surface area contributed by atoms with Crippen molar-refractivity contribution in [2.24, 2.45) is 0 Å². The highest BCUT2D eigenvalue weighted by Gasteiger charge is 2.29. The highest BCUT2D eigenvalue weighted by molar-refractivity contribution is 9.06. The first-order valence-corrected chi connectivity index (χ1v) is 10.8. The summed E-state index contributed by atoms with van der Waals surface area (Å²) in [5, 5.41) is 0. The third kappa shape index (κ3) is 6.20. The number of hydrogen-bond donors (Lipinski definition) is 1. The molecule has 0 aromatic carbocycles. The minimum Gasteiger partial charge on any atom is -0.332 e. The van der Waals surface area contributed by atoms with Crippen molar-refractivity contribution in [1.29, 1.82) is 0 Å². The predicted octanol–water partition coefficient (Wildman–Crippen LogP) is 4.72. The Morgan fingerprint density at radius 3 is 2.33 bits per heavy atom. The van der Waals surface area contributed by atoms with Gasteiger partial charge in [0.25, 0.3) is 0 Å². The molecule has 7 heteroatoms. The van der Waals surface area contributed by atoms with Gasteiger partial charge in [0, 0.05) is 14.2 Å². The zero-order chi connectivity index (χ0) is 11.7. The first-order valence-electron chi connectivity index (χ1n) is 4.82. The van der Waals surface area contributed by atoms with Crippen molar-refractivity contribution in [3.05, 3.63) is 0 Å². The monoisotopic (exact) mass is 306 g/mol. The second-order valence-corrected chi connectivity index (χ2v) is 10.6. The van der Waals surface area contributed by atoms with Crippen LogP contribution in [0.5, 0.6) is 0 Å². The Kier molecular flexibility index (Phi) is 10.7. The Balaban J connectivity index is 4.28. The molecule has 0 saturated heterocycles. The van der Waals surface area contributed by atoms with Crippen molar-refractivity contribution < 1.29 is 9.05 Å². The maximum absolute atomic E-state index is 5.44. The molecule has 0 fully saturated rings. The van der Waals surface area contributed by atoms with E-state index >= 15 is 0 Å². The molecule has 0 radical (unpaired) electrons. The third-order valence-corrected chi connectivity index (χ3v) is 9.96. The summed E-state index contributed by atoms with van der Waals surface area (Å²) in [4.78, 5) is 0.247. The van der Waals surface area contributed by atoms with Crippen molar-refractivity contribution in [1.82, 2.24) is 0 Å². The average Bonchev–Trinajstić information content (AvgIpc) is 2.27. The van der Waals surface area contributed by atoms with Crippen molar-refractivity contribution in [2.75, 3.05) is 14.2 Å². The Bertz CT molecular complexity index is 195. The second-order valence-electron chi connectivity index (χ2n) is 3.03. The minimum atomic E-state index is -2.12. The van der Waals surface area contributed by atoms with E-state index < -0.39 is 6.49 Å². The van der Waals surface area contributed by atoms with Gasteiger partial charge in [-0.25, -0.2) is 0 Å². The molecule has 0 aromatic rings. The van der Waals surface area contributed by atoms with E-state index in [2.05, 4.69) is 18.6 Å². The number of thiol groups is 1. The topological polar surface area (TPSA) is 18.5 Å². The van der Waals surface area contributed by atoms with Crippen molar-refractivity contribution in [3.8, 4) is 0 Å². The zero-order valence-corrected chi connectivity index (χ0v) is 13.6. The van der Waals surface area contributed by atoms with Crippen molar-refractivity contribution in [2.45, 2.75) is 37.6 Å². The third-order valence-electron chi connectivity index (χ3n) is 2.07. The molecule has 15 heavy (non-hydrogen) atoms. The van der Waals surface area contributed by atoms with E-state index in [0.29, 0.717) is 0 Å². The summed E-state index contributed by atoms with van der Waals surface area (Å²) in [6.07, 6.45) is 4.67. The van der Waals surface area contributed by atoms with Gasteiger partial charge in [-0.05, 0) is 28.1 Å². The van der Waals surface area contributed by atoms with E-state index in [0.717, 1.165) is 6.42 Å². The Morgan fingerprint density at radius 2 is 1.93 bits per heavy atom. The van der Waals surface area contributed by atoms with Gasteiger partial charge in [0.15, 0.2) is 0 Å². The van der Waals surface area contributed by atoms with Crippen LogP contribution >= 0.6 is 38.8 Å². The summed E-state index contributed by atoms with van der Waals surface area (Å²) < 4.78 is 10.7. The largest absolute Gasteiger partial charge is 0.332 e. The van der Waals surface area contributed by atoms with E-state index in [1.54, 1.807) is 25.0 Å². The lowest BCUT2D eigenvalue weighted by molar-refractivity contribution is 0.333. The Labute approximate surface area is 111 Å². The lowest BCUT2D eigenvalue weighted by atomic mass is 10.2. The number of hydrogen-bond acceptors (Lipinski definition) is 6. The molecule has 0 saturated carbocycles. The molecule has 0 aromatic heterocycles. The fourth-order valence-electron chi connectivity index (χ4n) is 1.19. The predicted molar refractivity (Wildman–Crippen MR) is 80.4 cm³/mol. The molecule has 0 amide bonds. The summed E-state index contributed by atoms with van der Waals surface area (Å²) in [5.41, 5.74) is 0. The molecular weight excluding hydrogens is 287 g/mol. The first kappa shape index (κ1) is 16.6. The molecular formula is C8H19O2PS4. The quantitative estimate of drug-likeness (QED) is 0.287. The standard InChI is InChI=1S/C8H19O2PS4/c1-4-5-6-7-8(14-15-13)11(12,9-2)10-3/h8,13H,4-7H2,1-3H3. The van der Waals surface area contributed by atoms with Gasteiger partial charge >= 0.3 is 0 Å². The van der Waals surface area contributed by atoms with Crippen LogP contribution in [0, 0.1) is 0 Å². The van der Waals surface area contributed by atoms with Crippen LogP contribution in [0.4, 0.5) is 0 Å². The minimum absolute atomic E-state index is 0.247. The molecule has 0 spiro atoms. The van der Waals surface area contributed by atoms with Crippen LogP contribution in [0.25, 0.3) is 0 Å². The van der Waals surface area contributed by atoms with Crippen LogP contribution in [-0.2, 0) is 20.9 Å². The summed E-state index contributed by atoms with van der Waals surface area (Å²) in [6.45, 7) is 0.0713. The second kappa shape index (κ2) is 9.63. The molecule has 0 heterocycles. The van der Waals surface area contributed by atoms with Gasteiger partial charge in [-0.15, -0.1) is 0 Å². The fraction of sp³-hybridized carbons (Fsp3) is 1.00. The van der Waals surface area contributed by atoms with E-state index in [1.807, 2.05) is 0 Å². The van der Waals surface area contributed by atoms with Gasteiger partial charge in [0.2, 0.25) is 6.49 Å². The molecule has 1 unspecified atom stereocenters. The molecule has 0 aliphatic carbocycles. The smallest absolute Gasteiger partial charge is 0.202 e. The summed E-state index contributed by atoms with van der Waals surface area (Å²) in [7, 11) is 6.38. The fourth-order valence-corrected chi connectivity index (χ4v) is 8.34. The van der Waals surface area contributed by atoms with Gasteiger partial charge in [-0.1, -0.05) is 48.6 Å². The lowest BCUT2D eigenvalue weighted by Crippen LogP contribution is -2.05. The average molecular weight is 306 g/mol. The summed E-state index contributed by atoms with van der Waals surface area (Å²) in [6, 6.07) is 0. The van der Waals surface area contributed by atoms with Gasteiger partial charge in [0.05, 0.1) is 4.99 Å². The highest BCUT2D eigenvalue weighted by atomic mass is 33.5. The summed E-state index contributed by atoms with van der Waals surface area (Å²) >= 11 is 9.59. The Hall–Kier alpha value is 1.62. The molecule has 0 bridgehead atoms. The van der Waals surface area contributed by atoms with E-state index in [-0.39, 0.29) is 4.99 Å². The van der Waals surface area contributed by atoms with E-state index in [9.17, 15) is 0 Å². The molecule has 0 aliphatic heterocycles. The SMILES string of the molecule is CCCCCC(SSS)P(=S)(OC)OC. The Morgan fingerprint density at radius 1 is 1.33 bits per heavy atom. The maximum atomic E-state index is 5.44. The van der Waals surface area contributed by atoms with Gasteiger partial charge in [0.1, 0.15) is 0 Å². The number of rotatable bonds is 9. The van der Waals surface area contributed by atoms with Gasteiger partial charge in [-0.2, -0.15) is 0 Å². The zero-order valence-electron chi connectivity index (χ0n) is 9.34. The van der Waals surface area contributed by atoms with Crippen LogP contribution in [0.1, 0.15) is 32.6 Å². The van der Waals surface area contributed by atoms with Crippen LogP contribution in [-0.4, -0.2) is 19.2 Å². The highest BCUT2D eigenvalue weighted by Crippen LogP contribution is 2.60. The molecule has 2 nitrogen and oxygen atoms in total. The van der Waals surface area contributed by atoms with Crippen LogP contribution in [0.15, 0.2) is 0 Å². The van der Waals surface area contributed by atoms with Gasteiger partial charge in [-0.3, -0.25) is 0 Å². The van der Waals surface area contributed by atoms with E-state index in [1.165, 1.54) is 29.1 Å².